The van der Waals surface area contributed by atoms with Gasteiger partial charge in [0, 0.05) is 6.20 Å². The first-order chi connectivity index (χ1) is 8.58. The number of pyridine rings is 1. The highest BCUT2D eigenvalue weighted by Crippen LogP contribution is 2.27. The summed E-state index contributed by atoms with van der Waals surface area (Å²) in [6.07, 6.45) is 1.64. The second-order valence-corrected chi connectivity index (χ2v) is 4.53. The topological polar surface area (TPSA) is 48.1 Å². The van der Waals surface area contributed by atoms with Crippen LogP contribution in [0, 0.1) is 13.8 Å². The van der Waals surface area contributed by atoms with Crippen molar-refractivity contribution < 1.29 is 4.74 Å². The van der Waals surface area contributed by atoms with Gasteiger partial charge in [0.1, 0.15) is 16.4 Å². The smallest absolute Gasteiger partial charge is 0.156 e. The zero-order valence-electron chi connectivity index (χ0n) is 10.3. The van der Waals surface area contributed by atoms with Gasteiger partial charge in [0.25, 0.3) is 0 Å². The van der Waals surface area contributed by atoms with E-state index >= 15 is 0 Å². The van der Waals surface area contributed by atoms with E-state index in [2.05, 4.69) is 4.98 Å². The van der Waals surface area contributed by atoms with Crippen LogP contribution in [0.2, 0.25) is 0 Å². The van der Waals surface area contributed by atoms with E-state index in [1.165, 1.54) is 0 Å². The number of aryl methyl sites for hydroxylation is 2. The molecule has 0 unspecified atom stereocenters. The largest absolute Gasteiger partial charge is 0.455 e. The van der Waals surface area contributed by atoms with E-state index < -0.39 is 0 Å². The van der Waals surface area contributed by atoms with Crippen molar-refractivity contribution in [2.45, 2.75) is 13.8 Å². The molecule has 0 aliphatic heterocycles. The Kier molecular flexibility index (Phi) is 3.58. The Morgan fingerprint density at radius 3 is 2.72 bits per heavy atom. The molecule has 1 aromatic heterocycles. The highest BCUT2D eigenvalue weighted by atomic mass is 32.1. The quantitative estimate of drug-likeness (QED) is 0.859. The van der Waals surface area contributed by atoms with Gasteiger partial charge in [-0.2, -0.15) is 0 Å². The molecule has 92 valence electrons. The van der Waals surface area contributed by atoms with Crippen LogP contribution in [0.3, 0.4) is 0 Å². The lowest BCUT2D eigenvalue weighted by molar-refractivity contribution is 0.475. The summed E-state index contributed by atoms with van der Waals surface area (Å²) in [5, 5.41) is 0. The number of rotatable bonds is 3. The maximum Gasteiger partial charge on any atom is 0.156 e. The van der Waals surface area contributed by atoms with Crippen molar-refractivity contribution in [3.8, 4) is 11.5 Å². The maximum absolute atomic E-state index is 5.85. The molecular weight excluding hydrogens is 244 g/mol. The fourth-order valence-corrected chi connectivity index (χ4v) is 1.75. The molecule has 1 heterocycles. The van der Waals surface area contributed by atoms with Crippen LogP contribution in [0.1, 0.15) is 16.8 Å². The van der Waals surface area contributed by atoms with Gasteiger partial charge in [0.15, 0.2) is 5.75 Å². The average molecular weight is 258 g/mol. The summed E-state index contributed by atoms with van der Waals surface area (Å²) in [5.74, 6) is 1.37. The Morgan fingerprint density at radius 2 is 2.00 bits per heavy atom. The third kappa shape index (κ3) is 2.65. The molecular formula is C14H14N2OS. The molecule has 0 saturated carbocycles. The summed E-state index contributed by atoms with van der Waals surface area (Å²) in [5.41, 5.74) is 8.32. The van der Waals surface area contributed by atoms with E-state index in [0.717, 1.165) is 16.9 Å². The number of nitrogens with zero attached hydrogens (tertiary/aromatic N) is 1. The third-order valence-electron chi connectivity index (χ3n) is 2.57. The molecule has 18 heavy (non-hydrogen) atoms. The lowest BCUT2D eigenvalue weighted by Crippen LogP contribution is -2.12. The van der Waals surface area contributed by atoms with Crippen LogP contribution in [0.25, 0.3) is 0 Å². The summed E-state index contributed by atoms with van der Waals surface area (Å²) >= 11 is 4.96. The molecule has 0 spiro atoms. The number of thiocarbonyl (C=S) groups is 1. The first-order valence-electron chi connectivity index (χ1n) is 5.58. The van der Waals surface area contributed by atoms with Gasteiger partial charge >= 0.3 is 0 Å². The van der Waals surface area contributed by atoms with Crippen molar-refractivity contribution >= 4 is 17.2 Å². The number of benzene rings is 1. The molecule has 0 fully saturated rings. The van der Waals surface area contributed by atoms with Gasteiger partial charge in [0.2, 0.25) is 0 Å². The van der Waals surface area contributed by atoms with Gasteiger partial charge in [-0.25, -0.2) is 4.98 Å². The zero-order valence-corrected chi connectivity index (χ0v) is 11.1. The molecule has 2 rings (SSSR count). The van der Waals surface area contributed by atoms with E-state index in [9.17, 15) is 0 Å². The summed E-state index contributed by atoms with van der Waals surface area (Å²) in [6, 6.07) is 9.64. The molecule has 1 aromatic carbocycles. The van der Waals surface area contributed by atoms with Crippen molar-refractivity contribution in [1.82, 2.24) is 4.98 Å². The van der Waals surface area contributed by atoms with Crippen molar-refractivity contribution in [2.75, 3.05) is 0 Å². The zero-order chi connectivity index (χ0) is 13.1. The van der Waals surface area contributed by atoms with Gasteiger partial charge in [-0.15, -0.1) is 0 Å². The normalized spacial score (nSPS) is 10.1. The fraction of sp³-hybridized carbons (Fsp3) is 0.143. The maximum atomic E-state index is 5.85. The molecule has 3 nitrogen and oxygen atoms in total. The monoisotopic (exact) mass is 258 g/mol. The van der Waals surface area contributed by atoms with Crippen LogP contribution in [0.5, 0.6) is 11.5 Å². The van der Waals surface area contributed by atoms with Crippen LogP contribution in [0.15, 0.2) is 36.5 Å². The van der Waals surface area contributed by atoms with E-state index in [1.807, 2.05) is 38.1 Å². The van der Waals surface area contributed by atoms with Crippen molar-refractivity contribution in [3.05, 3.63) is 53.3 Å². The predicted octanol–water partition coefficient (Wildman–Crippen LogP) is 3.12. The van der Waals surface area contributed by atoms with Crippen molar-refractivity contribution in [2.24, 2.45) is 5.73 Å². The minimum Gasteiger partial charge on any atom is -0.455 e. The first kappa shape index (κ1) is 12.5. The van der Waals surface area contributed by atoms with Gasteiger partial charge in [0.05, 0.1) is 0 Å². The Balaban J connectivity index is 2.40. The van der Waals surface area contributed by atoms with E-state index in [4.69, 9.17) is 22.7 Å². The molecule has 0 aliphatic rings. The Labute approximate surface area is 112 Å². The molecule has 2 N–H and O–H groups in total. The Bertz CT molecular complexity index is 596. The molecule has 0 saturated heterocycles. The number of hydrogen-bond acceptors (Lipinski definition) is 3. The molecule has 4 heteroatoms. The summed E-state index contributed by atoms with van der Waals surface area (Å²) in [6.45, 7) is 4.01. The minimum atomic E-state index is 0.232. The number of aromatic nitrogens is 1. The van der Waals surface area contributed by atoms with E-state index in [0.29, 0.717) is 11.4 Å². The van der Waals surface area contributed by atoms with Gasteiger partial charge in [-0.05, 0) is 43.2 Å². The van der Waals surface area contributed by atoms with Crippen LogP contribution < -0.4 is 10.5 Å². The summed E-state index contributed by atoms with van der Waals surface area (Å²) in [4.78, 5) is 4.37. The number of ether oxygens (including phenoxy) is 1. The summed E-state index contributed by atoms with van der Waals surface area (Å²) in [7, 11) is 0. The minimum absolute atomic E-state index is 0.232. The molecule has 0 bridgehead atoms. The van der Waals surface area contributed by atoms with Gasteiger partial charge in [-0.3, -0.25) is 0 Å². The van der Waals surface area contributed by atoms with E-state index in [1.54, 1.807) is 12.3 Å². The number of nitrogens with two attached hydrogens (primary N) is 1. The van der Waals surface area contributed by atoms with Crippen LogP contribution >= 0.6 is 12.2 Å². The lowest BCUT2D eigenvalue weighted by Gasteiger charge is -2.11. The average Bonchev–Trinajstić information content (AvgIpc) is 2.34. The van der Waals surface area contributed by atoms with Gasteiger partial charge in [-0.1, -0.05) is 24.4 Å². The second-order valence-electron chi connectivity index (χ2n) is 4.09. The Hall–Kier alpha value is -1.94. The predicted molar refractivity (Wildman–Crippen MR) is 76.1 cm³/mol. The Morgan fingerprint density at radius 1 is 1.22 bits per heavy atom. The third-order valence-corrected chi connectivity index (χ3v) is 2.76. The van der Waals surface area contributed by atoms with Crippen LogP contribution in [0.4, 0.5) is 0 Å². The standard InChI is InChI=1S/C14H14N2OS/c1-9-5-6-10(2)12(8-9)17-11-4-3-7-16-13(11)14(15)18/h3-8H,1-2H3,(H2,15,18). The number of hydrogen-bond donors (Lipinski definition) is 1. The SMILES string of the molecule is Cc1ccc(C)c(Oc2cccnc2C(N)=S)c1. The van der Waals surface area contributed by atoms with E-state index in [-0.39, 0.29) is 4.99 Å². The van der Waals surface area contributed by atoms with Gasteiger partial charge < -0.3 is 10.5 Å². The summed E-state index contributed by atoms with van der Waals surface area (Å²) < 4.78 is 5.85. The second kappa shape index (κ2) is 5.14. The molecule has 0 atom stereocenters. The highest BCUT2D eigenvalue weighted by Gasteiger charge is 2.09. The molecule has 0 amide bonds. The molecule has 2 aromatic rings. The fourth-order valence-electron chi connectivity index (χ4n) is 1.59. The molecule has 0 aliphatic carbocycles. The first-order valence-corrected chi connectivity index (χ1v) is 5.98. The highest BCUT2D eigenvalue weighted by molar-refractivity contribution is 7.80. The van der Waals surface area contributed by atoms with Crippen molar-refractivity contribution in [3.63, 3.8) is 0 Å². The van der Waals surface area contributed by atoms with Crippen LogP contribution in [-0.2, 0) is 0 Å². The molecule has 0 radical (unpaired) electrons. The van der Waals surface area contributed by atoms with Crippen molar-refractivity contribution in [1.29, 1.82) is 0 Å². The lowest BCUT2D eigenvalue weighted by atomic mass is 10.1. The van der Waals surface area contributed by atoms with Crippen LogP contribution in [-0.4, -0.2) is 9.97 Å².